The molecule has 1 atom stereocenters. The van der Waals surface area contributed by atoms with Gasteiger partial charge in [-0.1, -0.05) is 24.3 Å². The predicted octanol–water partition coefficient (Wildman–Crippen LogP) is 1.29. The fraction of sp³-hybridized carbons (Fsp3) is 0.455. The summed E-state index contributed by atoms with van der Waals surface area (Å²) >= 11 is 0. The van der Waals surface area contributed by atoms with Crippen LogP contribution < -0.4 is 5.73 Å². The summed E-state index contributed by atoms with van der Waals surface area (Å²) in [5, 5.41) is 0. The first-order chi connectivity index (χ1) is 6.88. The van der Waals surface area contributed by atoms with Gasteiger partial charge in [-0.3, -0.25) is 0 Å². The Morgan fingerprint density at radius 3 is 2.20 bits per heavy atom. The van der Waals surface area contributed by atoms with Crippen LogP contribution in [0.5, 0.6) is 0 Å². The van der Waals surface area contributed by atoms with Gasteiger partial charge in [0.2, 0.25) is 0 Å². The summed E-state index contributed by atoms with van der Waals surface area (Å²) in [5.41, 5.74) is 7.81. The molecule has 2 N–H and O–H groups in total. The molecule has 1 rings (SSSR count). The molecule has 4 heteroatoms. The Balaban J connectivity index is 2.65. The van der Waals surface area contributed by atoms with Crippen LogP contribution in [0.1, 0.15) is 24.1 Å². The molecular weight excluding hydrogens is 210 g/mol. The van der Waals surface area contributed by atoms with Gasteiger partial charge in [0.25, 0.3) is 0 Å². The third-order valence-electron chi connectivity index (χ3n) is 2.27. The number of hydrogen-bond donors (Lipinski definition) is 1. The first-order valence-corrected chi connectivity index (χ1v) is 6.97. The van der Waals surface area contributed by atoms with Crippen molar-refractivity contribution in [3.63, 3.8) is 0 Å². The molecule has 0 spiro atoms. The molecule has 1 aromatic rings. The Bertz CT molecular complexity index is 407. The molecule has 0 heterocycles. The zero-order valence-corrected chi connectivity index (χ0v) is 9.92. The average Bonchev–Trinajstić information content (AvgIpc) is 2.14. The lowest BCUT2D eigenvalue weighted by Gasteiger charge is -2.06. The van der Waals surface area contributed by atoms with Crippen LogP contribution in [-0.4, -0.2) is 20.4 Å². The monoisotopic (exact) mass is 227 g/mol. The van der Waals surface area contributed by atoms with E-state index in [0.717, 1.165) is 11.1 Å². The molecular formula is C11H17NO2S. The fourth-order valence-corrected chi connectivity index (χ4v) is 1.90. The number of benzene rings is 1. The number of hydrogen-bond acceptors (Lipinski definition) is 3. The number of rotatable bonds is 4. The van der Waals surface area contributed by atoms with Crippen LogP contribution in [0.4, 0.5) is 0 Å². The van der Waals surface area contributed by atoms with Crippen molar-refractivity contribution >= 4 is 9.84 Å². The van der Waals surface area contributed by atoms with Gasteiger partial charge in [-0.2, -0.15) is 0 Å². The molecule has 3 nitrogen and oxygen atoms in total. The first kappa shape index (κ1) is 12.2. The van der Waals surface area contributed by atoms with Crippen molar-refractivity contribution in [3.05, 3.63) is 35.4 Å². The lowest BCUT2D eigenvalue weighted by molar-refractivity contribution is 0.601. The Labute approximate surface area is 91.2 Å². The molecule has 0 bridgehead atoms. The summed E-state index contributed by atoms with van der Waals surface area (Å²) < 4.78 is 21.9. The van der Waals surface area contributed by atoms with Crippen molar-refractivity contribution in [1.82, 2.24) is 0 Å². The quantitative estimate of drug-likeness (QED) is 0.843. The third-order valence-corrected chi connectivity index (χ3v) is 3.21. The van der Waals surface area contributed by atoms with Crippen LogP contribution in [-0.2, 0) is 16.3 Å². The first-order valence-electron chi connectivity index (χ1n) is 4.90. The lowest BCUT2D eigenvalue weighted by atomic mass is 10.1. The van der Waals surface area contributed by atoms with Crippen molar-refractivity contribution in [1.29, 1.82) is 0 Å². The van der Waals surface area contributed by atoms with E-state index in [0.29, 0.717) is 6.42 Å². The van der Waals surface area contributed by atoms with Gasteiger partial charge in [0.15, 0.2) is 0 Å². The molecule has 0 saturated heterocycles. The summed E-state index contributed by atoms with van der Waals surface area (Å²) in [7, 11) is -2.87. The molecule has 0 aliphatic carbocycles. The van der Waals surface area contributed by atoms with Gasteiger partial charge < -0.3 is 5.73 Å². The van der Waals surface area contributed by atoms with Crippen LogP contribution in [0.25, 0.3) is 0 Å². The predicted molar refractivity (Wildman–Crippen MR) is 62.5 cm³/mol. The van der Waals surface area contributed by atoms with Crippen molar-refractivity contribution in [3.8, 4) is 0 Å². The topological polar surface area (TPSA) is 60.2 Å². The van der Waals surface area contributed by atoms with Gasteiger partial charge in [-0.05, 0) is 24.5 Å². The molecule has 0 amide bonds. The Morgan fingerprint density at radius 1 is 1.27 bits per heavy atom. The van der Waals surface area contributed by atoms with E-state index >= 15 is 0 Å². The highest BCUT2D eigenvalue weighted by molar-refractivity contribution is 7.90. The van der Waals surface area contributed by atoms with Gasteiger partial charge in [-0.15, -0.1) is 0 Å². The highest BCUT2D eigenvalue weighted by Crippen LogP contribution is 2.11. The number of sulfone groups is 1. The maximum atomic E-state index is 11.0. The van der Waals surface area contributed by atoms with Crippen molar-refractivity contribution in [2.24, 2.45) is 5.73 Å². The highest BCUT2D eigenvalue weighted by Gasteiger charge is 2.03. The van der Waals surface area contributed by atoms with Crippen LogP contribution in [0.15, 0.2) is 24.3 Å². The van der Waals surface area contributed by atoms with Crippen LogP contribution in [0, 0.1) is 0 Å². The summed E-state index contributed by atoms with van der Waals surface area (Å²) in [6.07, 6.45) is 1.82. The third kappa shape index (κ3) is 4.44. The second kappa shape index (κ2) is 4.77. The molecule has 0 aromatic heterocycles. The maximum absolute atomic E-state index is 11.0. The molecule has 1 aromatic carbocycles. The van der Waals surface area contributed by atoms with Gasteiger partial charge >= 0.3 is 0 Å². The van der Waals surface area contributed by atoms with Crippen LogP contribution in [0.3, 0.4) is 0 Å². The zero-order valence-electron chi connectivity index (χ0n) is 9.10. The highest BCUT2D eigenvalue weighted by atomic mass is 32.2. The van der Waals surface area contributed by atoms with E-state index < -0.39 is 9.84 Å². The van der Waals surface area contributed by atoms with Crippen LogP contribution >= 0.6 is 0 Å². The summed E-state index contributed by atoms with van der Waals surface area (Å²) in [6.45, 7) is 1.92. The SMILES string of the molecule is CC(N)c1ccc(CCS(C)(=O)=O)cc1. The van der Waals surface area contributed by atoms with Crippen molar-refractivity contribution in [2.75, 3.05) is 12.0 Å². The summed E-state index contributed by atoms with van der Waals surface area (Å²) in [6, 6.07) is 7.78. The van der Waals surface area contributed by atoms with E-state index in [9.17, 15) is 8.42 Å². The minimum Gasteiger partial charge on any atom is -0.324 e. The van der Waals surface area contributed by atoms with Gasteiger partial charge in [0, 0.05) is 12.3 Å². The molecule has 0 fully saturated rings. The fourth-order valence-electron chi connectivity index (χ4n) is 1.29. The Morgan fingerprint density at radius 2 is 1.80 bits per heavy atom. The molecule has 0 saturated carbocycles. The van der Waals surface area contributed by atoms with Gasteiger partial charge in [0.05, 0.1) is 5.75 Å². The van der Waals surface area contributed by atoms with E-state index in [1.807, 2.05) is 31.2 Å². The Hall–Kier alpha value is -0.870. The molecule has 0 aliphatic rings. The minimum atomic E-state index is -2.87. The second-order valence-electron chi connectivity index (χ2n) is 3.91. The average molecular weight is 227 g/mol. The standard InChI is InChI=1S/C11H17NO2S/c1-9(12)11-5-3-10(4-6-11)7-8-15(2,13)14/h3-6,9H,7-8,12H2,1-2H3. The largest absolute Gasteiger partial charge is 0.324 e. The lowest BCUT2D eigenvalue weighted by Crippen LogP contribution is -2.07. The molecule has 0 aliphatic heterocycles. The molecule has 1 unspecified atom stereocenters. The second-order valence-corrected chi connectivity index (χ2v) is 6.17. The van der Waals surface area contributed by atoms with Crippen LogP contribution in [0.2, 0.25) is 0 Å². The normalized spacial score (nSPS) is 13.8. The van der Waals surface area contributed by atoms with E-state index in [1.54, 1.807) is 0 Å². The van der Waals surface area contributed by atoms with Crippen molar-refractivity contribution in [2.45, 2.75) is 19.4 Å². The smallest absolute Gasteiger partial charge is 0.147 e. The zero-order chi connectivity index (χ0) is 11.5. The molecule has 0 radical (unpaired) electrons. The van der Waals surface area contributed by atoms with Gasteiger partial charge in [0.1, 0.15) is 9.84 Å². The Kier molecular flexibility index (Phi) is 3.88. The van der Waals surface area contributed by atoms with Gasteiger partial charge in [-0.25, -0.2) is 8.42 Å². The molecule has 84 valence electrons. The summed E-state index contributed by atoms with van der Waals surface area (Å²) in [4.78, 5) is 0. The van der Waals surface area contributed by atoms with Crippen molar-refractivity contribution < 1.29 is 8.42 Å². The van der Waals surface area contributed by atoms with E-state index in [-0.39, 0.29) is 11.8 Å². The number of aryl methyl sites for hydroxylation is 1. The summed E-state index contributed by atoms with van der Waals surface area (Å²) in [5.74, 6) is 0.199. The number of nitrogens with two attached hydrogens (primary N) is 1. The van der Waals surface area contributed by atoms with E-state index in [2.05, 4.69) is 0 Å². The van der Waals surface area contributed by atoms with E-state index in [1.165, 1.54) is 6.26 Å². The molecule has 15 heavy (non-hydrogen) atoms. The minimum absolute atomic E-state index is 0.0222. The maximum Gasteiger partial charge on any atom is 0.147 e. The van der Waals surface area contributed by atoms with E-state index in [4.69, 9.17) is 5.73 Å².